The molecule has 0 unspecified atom stereocenters. The van der Waals surface area contributed by atoms with E-state index in [2.05, 4.69) is 20.8 Å². The molecule has 0 saturated carbocycles. The number of rotatable bonds is 11. The highest BCUT2D eigenvalue weighted by molar-refractivity contribution is 5.88. The topological polar surface area (TPSA) is 229 Å². The van der Waals surface area contributed by atoms with Crippen molar-refractivity contribution >= 4 is 17.2 Å². The Bertz CT molecular complexity index is 1030. The van der Waals surface area contributed by atoms with E-state index in [-0.39, 0.29) is 0 Å². The van der Waals surface area contributed by atoms with Crippen LogP contribution in [-0.4, -0.2) is 115 Å². The van der Waals surface area contributed by atoms with E-state index >= 15 is 0 Å². The van der Waals surface area contributed by atoms with Crippen LogP contribution in [0.25, 0.3) is 0 Å². The van der Waals surface area contributed by atoms with Crippen molar-refractivity contribution in [3.05, 3.63) is 60.7 Å². The first-order valence-corrected chi connectivity index (χ1v) is 11.7. The molecule has 208 valence electrons. The number of anilines is 1. The zero-order valence-electron chi connectivity index (χ0n) is 20.1. The van der Waals surface area contributed by atoms with Crippen LogP contribution >= 0.6 is 0 Å². The van der Waals surface area contributed by atoms with Crippen molar-refractivity contribution in [1.29, 1.82) is 0 Å². The molecule has 14 heteroatoms. The molecular weight excluding hydrogens is 504 g/mol. The lowest BCUT2D eigenvalue weighted by molar-refractivity contribution is -0.326. The minimum Gasteiger partial charge on any atom is -0.394 e. The Balaban J connectivity index is 1.86. The molecule has 3 rings (SSSR count). The van der Waals surface area contributed by atoms with E-state index in [1.54, 1.807) is 60.7 Å². The molecule has 38 heavy (non-hydrogen) atoms. The Morgan fingerprint density at radius 3 is 2.13 bits per heavy atom. The van der Waals surface area contributed by atoms with E-state index in [4.69, 9.17) is 9.47 Å². The highest BCUT2D eigenvalue weighted by Gasteiger charge is 2.47. The van der Waals surface area contributed by atoms with E-state index in [9.17, 15) is 40.9 Å². The fourth-order valence-corrected chi connectivity index (χ4v) is 3.56. The van der Waals surface area contributed by atoms with Crippen molar-refractivity contribution < 1.29 is 50.3 Å². The predicted molar refractivity (Wildman–Crippen MR) is 132 cm³/mol. The number of hydrazone groups is 1. The first-order valence-electron chi connectivity index (χ1n) is 11.7. The fourth-order valence-electron chi connectivity index (χ4n) is 3.56. The molecule has 14 nitrogen and oxygen atoms in total. The Morgan fingerprint density at radius 1 is 0.895 bits per heavy atom. The van der Waals surface area contributed by atoms with Crippen LogP contribution in [0.1, 0.15) is 0 Å². The van der Waals surface area contributed by atoms with Crippen molar-refractivity contribution in [3.63, 3.8) is 0 Å². The molecule has 0 amide bonds. The number of aliphatic hydroxyl groups is 8. The molecule has 0 aliphatic carbocycles. The third kappa shape index (κ3) is 7.58. The van der Waals surface area contributed by atoms with Gasteiger partial charge in [0.1, 0.15) is 48.8 Å². The summed E-state index contributed by atoms with van der Waals surface area (Å²) in [5.41, 5.74) is 3.60. The van der Waals surface area contributed by atoms with Crippen molar-refractivity contribution in [2.45, 2.75) is 55.1 Å². The SMILES string of the molecule is OC[C@@H](O)[C@@H](O[C@H]1O[C@H](CO)[C@@H](O)[C@H](O)[C@H]1O)[C@H](O)[C@@H](O)/C(N=Nc1ccccc1)=N/Nc1ccccc1. The monoisotopic (exact) mass is 536 g/mol. The fraction of sp³-hybridized carbons (Fsp3) is 0.458. The van der Waals surface area contributed by atoms with E-state index < -0.39 is 74.2 Å². The molecular formula is C24H32N4O10. The standard InChI is InChI=1S/C24H32N4O10/c29-11-15(31)22(38-24-21(36)18(33)17(32)16(12-30)37-24)19(34)20(35)23(27-25-13-7-3-1-4-8-13)28-26-14-9-5-2-6-10-14/h1-10,15-22,24-25,29-36H,11-12H2/b27-23-,28-26?/t15-,16-,17-,18+,19-,20-,21-,22-,24-/m1/s1. The first-order chi connectivity index (χ1) is 18.3. The quantitative estimate of drug-likeness (QED) is 0.0691. The smallest absolute Gasteiger partial charge is 0.202 e. The number of para-hydroxylation sites is 1. The van der Waals surface area contributed by atoms with Crippen molar-refractivity contribution in [2.24, 2.45) is 15.3 Å². The number of hydrogen-bond donors (Lipinski definition) is 9. The lowest BCUT2D eigenvalue weighted by Gasteiger charge is -2.42. The van der Waals surface area contributed by atoms with E-state index in [1.165, 1.54) is 0 Å². The Hall–Kier alpha value is -2.89. The van der Waals surface area contributed by atoms with Gasteiger partial charge in [-0.15, -0.1) is 10.2 Å². The zero-order valence-corrected chi connectivity index (χ0v) is 20.1. The Morgan fingerprint density at radius 2 is 1.53 bits per heavy atom. The number of aliphatic hydroxyl groups excluding tert-OH is 8. The van der Waals surface area contributed by atoms with Crippen LogP contribution in [0.2, 0.25) is 0 Å². The zero-order chi connectivity index (χ0) is 27.7. The molecule has 1 heterocycles. The van der Waals surface area contributed by atoms with Gasteiger partial charge in [-0.2, -0.15) is 5.10 Å². The number of azo groups is 1. The van der Waals surface area contributed by atoms with Gasteiger partial charge in [-0.3, -0.25) is 5.43 Å². The summed E-state index contributed by atoms with van der Waals surface area (Å²) < 4.78 is 10.7. The molecule has 2 aromatic carbocycles. The van der Waals surface area contributed by atoms with Crippen LogP contribution in [0.3, 0.4) is 0 Å². The molecule has 0 spiro atoms. The third-order valence-electron chi connectivity index (χ3n) is 5.73. The summed E-state index contributed by atoms with van der Waals surface area (Å²) >= 11 is 0. The van der Waals surface area contributed by atoms with Gasteiger partial charge in [0, 0.05) is 0 Å². The highest BCUT2D eigenvalue weighted by atomic mass is 16.7. The highest BCUT2D eigenvalue weighted by Crippen LogP contribution is 2.25. The second kappa shape index (κ2) is 14.3. The van der Waals surface area contributed by atoms with Gasteiger partial charge in [0.2, 0.25) is 5.84 Å². The second-order valence-corrected chi connectivity index (χ2v) is 8.47. The largest absolute Gasteiger partial charge is 0.394 e. The van der Waals surface area contributed by atoms with Crippen molar-refractivity contribution in [3.8, 4) is 0 Å². The summed E-state index contributed by atoms with van der Waals surface area (Å²) in [4.78, 5) is 0. The maximum atomic E-state index is 11.0. The summed E-state index contributed by atoms with van der Waals surface area (Å²) in [6.07, 6.45) is -16.1. The van der Waals surface area contributed by atoms with Gasteiger partial charge in [-0.25, -0.2) is 0 Å². The maximum absolute atomic E-state index is 11.0. The van der Waals surface area contributed by atoms with Crippen LogP contribution in [0, 0.1) is 0 Å². The maximum Gasteiger partial charge on any atom is 0.202 e. The van der Waals surface area contributed by atoms with Crippen LogP contribution in [0.4, 0.5) is 11.4 Å². The average Bonchev–Trinajstić information content (AvgIpc) is 2.95. The van der Waals surface area contributed by atoms with E-state index in [0.717, 1.165) is 0 Å². The predicted octanol–water partition coefficient (Wildman–Crippen LogP) is -1.54. The van der Waals surface area contributed by atoms with Gasteiger partial charge in [-0.05, 0) is 24.3 Å². The number of hydrogen-bond acceptors (Lipinski definition) is 13. The third-order valence-corrected chi connectivity index (χ3v) is 5.73. The minimum atomic E-state index is -2.03. The summed E-state index contributed by atoms with van der Waals surface area (Å²) in [6, 6.07) is 17.1. The van der Waals surface area contributed by atoms with Crippen molar-refractivity contribution in [1.82, 2.24) is 0 Å². The summed E-state index contributed by atoms with van der Waals surface area (Å²) in [5.74, 6) is -0.433. The number of amidine groups is 1. The molecule has 1 saturated heterocycles. The molecule has 1 fully saturated rings. The lowest BCUT2D eigenvalue weighted by atomic mass is 9.98. The number of benzene rings is 2. The van der Waals surface area contributed by atoms with E-state index in [0.29, 0.717) is 11.4 Å². The van der Waals surface area contributed by atoms with Crippen LogP contribution in [0.5, 0.6) is 0 Å². The molecule has 0 bridgehead atoms. The summed E-state index contributed by atoms with van der Waals surface area (Å²) in [7, 11) is 0. The van der Waals surface area contributed by atoms with Crippen LogP contribution in [0.15, 0.2) is 76.0 Å². The Labute approximate surface area is 217 Å². The number of ether oxygens (including phenoxy) is 2. The lowest BCUT2D eigenvalue weighted by Crippen LogP contribution is -2.61. The number of nitrogens with zero attached hydrogens (tertiary/aromatic N) is 3. The number of nitrogens with one attached hydrogen (secondary N) is 1. The van der Waals surface area contributed by atoms with Gasteiger partial charge < -0.3 is 50.3 Å². The summed E-state index contributed by atoms with van der Waals surface area (Å²) in [5, 5.41) is 93.4. The molecule has 2 aromatic rings. The van der Waals surface area contributed by atoms with Crippen LogP contribution in [-0.2, 0) is 9.47 Å². The van der Waals surface area contributed by atoms with Gasteiger partial charge in [-0.1, -0.05) is 36.4 Å². The minimum absolute atomic E-state index is 0.408. The molecule has 9 atom stereocenters. The molecule has 9 N–H and O–H groups in total. The van der Waals surface area contributed by atoms with Crippen molar-refractivity contribution in [2.75, 3.05) is 18.6 Å². The molecule has 0 radical (unpaired) electrons. The molecule has 1 aliphatic rings. The normalized spacial score (nSPS) is 27.6. The summed E-state index contributed by atoms with van der Waals surface area (Å²) in [6.45, 7) is -1.68. The van der Waals surface area contributed by atoms with Gasteiger partial charge in [0.15, 0.2) is 6.29 Å². The van der Waals surface area contributed by atoms with E-state index in [1.807, 2.05) is 0 Å². The molecule has 0 aromatic heterocycles. The molecule has 1 aliphatic heterocycles. The van der Waals surface area contributed by atoms with Crippen LogP contribution < -0.4 is 5.43 Å². The average molecular weight is 537 g/mol. The van der Waals surface area contributed by atoms with Gasteiger partial charge in [0.05, 0.1) is 24.6 Å². The van der Waals surface area contributed by atoms with Gasteiger partial charge >= 0.3 is 0 Å². The first kappa shape index (κ1) is 29.7. The van der Waals surface area contributed by atoms with Gasteiger partial charge in [0.25, 0.3) is 0 Å². The second-order valence-electron chi connectivity index (χ2n) is 8.47. The Kier molecular flexibility index (Phi) is 11.2.